The molecule has 0 aliphatic heterocycles. The number of hydrogen-bond acceptors (Lipinski definition) is 2. The minimum Gasteiger partial charge on any atom is -0.354 e. The molecule has 2 nitrogen and oxygen atoms in total. The average Bonchev–Trinajstić information content (AvgIpc) is 2.52. The van der Waals surface area contributed by atoms with Crippen LogP contribution in [0.5, 0.6) is 0 Å². The summed E-state index contributed by atoms with van der Waals surface area (Å²) in [6.45, 7) is 0.681. The second kappa shape index (κ2) is 7.41. The van der Waals surface area contributed by atoms with Crippen LogP contribution in [0.1, 0.15) is 24.8 Å². The second-order valence-electron chi connectivity index (χ2n) is 5.86. The van der Waals surface area contributed by atoms with Gasteiger partial charge in [-0.2, -0.15) is 0 Å². The molecule has 0 atom stereocenters. The predicted octanol–water partition coefficient (Wildman–Crippen LogP) is 4.67. The molecule has 0 aromatic heterocycles. The van der Waals surface area contributed by atoms with Crippen LogP contribution < -0.4 is 5.32 Å². The van der Waals surface area contributed by atoms with E-state index in [0.717, 1.165) is 30.6 Å². The van der Waals surface area contributed by atoms with Crippen LogP contribution in [0.2, 0.25) is 5.02 Å². The summed E-state index contributed by atoms with van der Waals surface area (Å²) in [5.74, 6) is 1.01. The summed E-state index contributed by atoms with van der Waals surface area (Å²) in [6, 6.07) is 18.0. The average molecular weight is 346 g/mol. The van der Waals surface area contributed by atoms with E-state index < -0.39 is 0 Å². The first-order valence-corrected chi connectivity index (χ1v) is 9.29. The molecule has 1 aliphatic rings. The van der Waals surface area contributed by atoms with Crippen molar-refractivity contribution in [2.24, 2.45) is 0 Å². The lowest BCUT2D eigenvalue weighted by Gasteiger charge is -2.40. The van der Waals surface area contributed by atoms with Crippen molar-refractivity contribution in [2.75, 3.05) is 12.3 Å². The van der Waals surface area contributed by atoms with Crippen LogP contribution in [0, 0.1) is 0 Å². The van der Waals surface area contributed by atoms with Gasteiger partial charge in [-0.1, -0.05) is 48.4 Å². The van der Waals surface area contributed by atoms with E-state index >= 15 is 0 Å². The number of nitrogens with one attached hydrogen (secondary N) is 1. The highest BCUT2D eigenvalue weighted by Crippen LogP contribution is 2.44. The van der Waals surface area contributed by atoms with Gasteiger partial charge in [0.05, 0.1) is 5.41 Å². The van der Waals surface area contributed by atoms with Gasteiger partial charge >= 0.3 is 0 Å². The quantitative estimate of drug-likeness (QED) is 0.609. The lowest BCUT2D eigenvalue weighted by atomic mass is 9.64. The third-order valence-corrected chi connectivity index (χ3v) is 5.67. The molecule has 1 saturated carbocycles. The number of halogens is 1. The maximum Gasteiger partial charge on any atom is 0.230 e. The number of rotatable bonds is 6. The van der Waals surface area contributed by atoms with E-state index in [1.165, 1.54) is 4.90 Å². The van der Waals surface area contributed by atoms with Crippen LogP contribution >= 0.6 is 23.4 Å². The topological polar surface area (TPSA) is 29.1 Å². The predicted molar refractivity (Wildman–Crippen MR) is 97.2 cm³/mol. The van der Waals surface area contributed by atoms with Crippen LogP contribution in [0.15, 0.2) is 59.5 Å². The molecule has 2 aromatic rings. The van der Waals surface area contributed by atoms with E-state index in [-0.39, 0.29) is 11.3 Å². The Kier molecular flexibility index (Phi) is 5.29. The normalized spacial score (nSPS) is 15.7. The smallest absolute Gasteiger partial charge is 0.230 e. The number of amides is 1. The zero-order chi connectivity index (χ0) is 16.1. The Morgan fingerprint density at radius 1 is 1.13 bits per heavy atom. The van der Waals surface area contributed by atoms with E-state index in [2.05, 4.69) is 17.4 Å². The van der Waals surface area contributed by atoms with Gasteiger partial charge in [0.25, 0.3) is 0 Å². The first-order chi connectivity index (χ1) is 11.2. The van der Waals surface area contributed by atoms with Gasteiger partial charge in [0.15, 0.2) is 0 Å². The summed E-state index contributed by atoms with van der Waals surface area (Å²) >= 11 is 7.86. The molecule has 23 heavy (non-hydrogen) atoms. The molecular formula is C19H20ClNOS. The first-order valence-electron chi connectivity index (χ1n) is 7.93. The SMILES string of the molecule is O=C(NCCSc1ccccc1)C1(c2cccc(Cl)c2)CCC1. The third-order valence-electron chi connectivity index (χ3n) is 4.42. The van der Waals surface area contributed by atoms with Crippen LogP contribution in [0.3, 0.4) is 0 Å². The molecule has 1 aliphatic carbocycles. The van der Waals surface area contributed by atoms with E-state index in [0.29, 0.717) is 11.6 Å². The first kappa shape index (κ1) is 16.4. The van der Waals surface area contributed by atoms with E-state index in [9.17, 15) is 4.79 Å². The molecule has 0 heterocycles. The maximum absolute atomic E-state index is 12.7. The van der Waals surface area contributed by atoms with Crippen molar-refractivity contribution in [1.82, 2.24) is 5.32 Å². The Morgan fingerprint density at radius 2 is 1.91 bits per heavy atom. The zero-order valence-electron chi connectivity index (χ0n) is 12.9. The number of carbonyl (C=O) groups excluding carboxylic acids is 1. The minimum absolute atomic E-state index is 0.139. The second-order valence-corrected chi connectivity index (χ2v) is 7.47. The van der Waals surface area contributed by atoms with Crippen molar-refractivity contribution >= 4 is 29.3 Å². The lowest BCUT2D eigenvalue weighted by Crippen LogP contribution is -2.49. The van der Waals surface area contributed by atoms with Gasteiger partial charge < -0.3 is 5.32 Å². The molecule has 0 bridgehead atoms. The fraction of sp³-hybridized carbons (Fsp3) is 0.316. The lowest BCUT2D eigenvalue weighted by molar-refractivity contribution is -0.129. The van der Waals surface area contributed by atoms with Gasteiger partial charge in [-0.25, -0.2) is 0 Å². The summed E-state index contributed by atoms with van der Waals surface area (Å²) in [5, 5.41) is 3.81. The Hall–Kier alpha value is -1.45. The van der Waals surface area contributed by atoms with Gasteiger partial charge in [-0.15, -0.1) is 11.8 Å². The van der Waals surface area contributed by atoms with Gasteiger partial charge in [-0.3, -0.25) is 4.79 Å². The number of carbonyl (C=O) groups is 1. The summed E-state index contributed by atoms with van der Waals surface area (Å²) < 4.78 is 0. The van der Waals surface area contributed by atoms with Crippen molar-refractivity contribution in [3.63, 3.8) is 0 Å². The van der Waals surface area contributed by atoms with Crippen molar-refractivity contribution in [3.8, 4) is 0 Å². The summed E-state index contributed by atoms with van der Waals surface area (Å²) in [6.07, 6.45) is 2.91. The fourth-order valence-corrected chi connectivity index (χ4v) is 3.96. The van der Waals surface area contributed by atoms with Crippen LogP contribution in [0.4, 0.5) is 0 Å². The Labute approximate surface area is 146 Å². The van der Waals surface area contributed by atoms with Crippen molar-refractivity contribution < 1.29 is 4.79 Å². The standard InChI is InChI=1S/C19H20ClNOS/c20-16-7-4-6-15(14-16)19(10-5-11-19)18(22)21-12-13-23-17-8-2-1-3-9-17/h1-4,6-9,14H,5,10-13H2,(H,21,22). The molecule has 0 radical (unpaired) electrons. The van der Waals surface area contributed by atoms with E-state index in [4.69, 9.17) is 11.6 Å². The molecule has 1 N–H and O–H groups in total. The van der Waals surface area contributed by atoms with E-state index in [1.807, 2.05) is 42.5 Å². The summed E-state index contributed by atoms with van der Waals surface area (Å²) in [7, 11) is 0. The van der Waals surface area contributed by atoms with Gasteiger partial charge in [0.1, 0.15) is 0 Å². The molecule has 3 rings (SSSR count). The van der Waals surface area contributed by atoms with E-state index in [1.54, 1.807) is 11.8 Å². The summed E-state index contributed by atoms with van der Waals surface area (Å²) in [4.78, 5) is 13.9. The van der Waals surface area contributed by atoms with Gasteiger partial charge in [-0.05, 0) is 42.7 Å². The molecule has 0 unspecified atom stereocenters. The summed E-state index contributed by atoms with van der Waals surface area (Å²) in [5.41, 5.74) is 0.673. The molecule has 0 saturated heterocycles. The molecule has 1 fully saturated rings. The largest absolute Gasteiger partial charge is 0.354 e. The molecule has 4 heteroatoms. The van der Waals surface area contributed by atoms with Crippen LogP contribution in [0.25, 0.3) is 0 Å². The van der Waals surface area contributed by atoms with Crippen LogP contribution in [-0.2, 0) is 10.2 Å². The number of thioether (sulfide) groups is 1. The van der Waals surface area contributed by atoms with Gasteiger partial charge in [0.2, 0.25) is 5.91 Å². The Balaban J connectivity index is 1.56. The number of benzene rings is 2. The Morgan fingerprint density at radius 3 is 2.57 bits per heavy atom. The number of hydrogen-bond donors (Lipinski definition) is 1. The fourth-order valence-electron chi connectivity index (χ4n) is 2.98. The third kappa shape index (κ3) is 3.73. The highest BCUT2D eigenvalue weighted by molar-refractivity contribution is 7.99. The van der Waals surface area contributed by atoms with Crippen LogP contribution in [-0.4, -0.2) is 18.2 Å². The Bertz CT molecular complexity index is 670. The van der Waals surface area contributed by atoms with Gasteiger partial charge in [0, 0.05) is 22.2 Å². The molecule has 2 aromatic carbocycles. The zero-order valence-corrected chi connectivity index (χ0v) is 14.5. The minimum atomic E-state index is -0.373. The van der Waals surface area contributed by atoms with Crippen molar-refractivity contribution in [3.05, 3.63) is 65.2 Å². The van der Waals surface area contributed by atoms with Crippen molar-refractivity contribution in [2.45, 2.75) is 29.6 Å². The molecule has 0 spiro atoms. The molecular weight excluding hydrogens is 326 g/mol. The maximum atomic E-state index is 12.7. The molecule has 120 valence electrons. The van der Waals surface area contributed by atoms with Crippen molar-refractivity contribution in [1.29, 1.82) is 0 Å². The monoisotopic (exact) mass is 345 g/mol. The highest BCUT2D eigenvalue weighted by Gasteiger charge is 2.45. The molecule has 1 amide bonds. The highest BCUT2D eigenvalue weighted by atomic mass is 35.5.